The fourth-order valence-electron chi connectivity index (χ4n) is 3.59. The van der Waals surface area contributed by atoms with Crippen molar-refractivity contribution >= 4 is 18.7 Å². The van der Waals surface area contributed by atoms with Gasteiger partial charge in [-0.2, -0.15) is 0 Å². The van der Waals surface area contributed by atoms with Gasteiger partial charge in [-0.25, -0.2) is 0 Å². The van der Waals surface area contributed by atoms with E-state index < -0.39 is 8.32 Å². The molecule has 2 rings (SSSR count). The molecule has 0 saturated heterocycles. The Balaban J connectivity index is 2.53. The van der Waals surface area contributed by atoms with Gasteiger partial charge in [0.15, 0.2) is 0 Å². The largest absolute Gasteiger partial charge is 0.407 e. The minimum absolute atomic E-state index is 0.00716. The summed E-state index contributed by atoms with van der Waals surface area (Å²) in [6.45, 7) is 9.99. The lowest BCUT2D eigenvalue weighted by Crippen LogP contribution is -2.66. The summed E-state index contributed by atoms with van der Waals surface area (Å²) in [5.74, 6) is 0.395. The van der Waals surface area contributed by atoms with Gasteiger partial charge in [-0.1, -0.05) is 94.8 Å². The molecule has 0 saturated carbocycles. The lowest BCUT2D eigenvalue weighted by Gasteiger charge is -2.43. The molecule has 0 radical (unpaired) electrons. The van der Waals surface area contributed by atoms with E-state index in [9.17, 15) is 5.11 Å². The fraction of sp³-hybridized carbons (Fsp3) is 0.455. The Hall–Kier alpha value is -1.42. The standard InChI is InChI=1S/C22H32O2Si/c1-5-19(16-17-23)18-24-25(22(2,3)4,20-12-8-6-9-13-20)21-14-10-7-11-15-21/h6-15,19,23H,5,16-18H2,1-4H3/t19-/m1/s1. The third-order valence-electron chi connectivity index (χ3n) is 5.07. The van der Waals surface area contributed by atoms with E-state index >= 15 is 0 Å². The van der Waals surface area contributed by atoms with Crippen LogP contribution >= 0.6 is 0 Å². The summed E-state index contributed by atoms with van der Waals surface area (Å²) in [4.78, 5) is 0. The van der Waals surface area contributed by atoms with Gasteiger partial charge in [-0.05, 0) is 27.8 Å². The zero-order chi connectivity index (χ0) is 18.3. The second kappa shape index (κ2) is 8.79. The maximum absolute atomic E-state index is 9.35. The highest BCUT2D eigenvalue weighted by atomic mass is 28.4. The van der Waals surface area contributed by atoms with Crippen molar-refractivity contribution < 1.29 is 9.53 Å². The normalized spacial score (nSPS) is 13.6. The number of aliphatic hydroxyl groups is 1. The number of hydrogen-bond acceptors (Lipinski definition) is 2. The second-order valence-corrected chi connectivity index (χ2v) is 12.1. The van der Waals surface area contributed by atoms with E-state index in [0.717, 1.165) is 12.8 Å². The molecule has 25 heavy (non-hydrogen) atoms. The van der Waals surface area contributed by atoms with Crippen molar-refractivity contribution in [3.8, 4) is 0 Å². The summed E-state index contributed by atoms with van der Waals surface area (Å²) < 4.78 is 6.90. The Bertz CT molecular complexity index is 580. The first kappa shape index (κ1) is 19.9. The first-order chi connectivity index (χ1) is 12.0. The van der Waals surface area contributed by atoms with Crippen LogP contribution in [0, 0.1) is 5.92 Å². The lowest BCUT2D eigenvalue weighted by molar-refractivity contribution is 0.187. The molecule has 3 heteroatoms. The van der Waals surface area contributed by atoms with Crippen LogP contribution in [0.25, 0.3) is 0 Å². The minimum atomic E-state index is -2.44. The molecule has 0 unspecified atom stereocenters. The van der Waals surface area contributed by atoms with Crippen molar-refractivity contribution in [1.29, 1.82) is 0 Å². The molecular weight excluding hydrogens is 324 g/mol. The Morgan fingerprint density at radius 2 is 1.40 bits per heavy atom. The van der Waals surface area contributed by atoms with Crippen molar-refractivity contribution in [2.75, 3.05) is 13.2 Å². The third kappa shape index (κ3) is 4.41. The lowest BCUT2D eigenvalue weighted by atomic mass is 10.1. The average molecular weight is 357 g/mol. The monoisotopic (exact) mass is 356 g/mol. The van der Waals surface area contributed by atoms with Crippen LogP contribution in [0.3, 0.4) is 0 Å². The number of benzene rings is 2. The van der Waals surface area contributed by atoms with Gasteiger partial charge in [-0.15, -0.1) is 0 Å². The van der Waals surface area contributed by atoms with Gasteiger partial charge in [-0.3, -0.25) is 0 Å². The molecule has 0 amide bonds. The minimum Gasteiger partial charge on any atom is -0.407 e. The molecule has 0 aliphatic rings. The number of hydrogen-bond donors (Lipinski definition) is 1. The summed E-state index contributed by atoms with van der Waals surface area (Å²) in [5.41, 5.74) is 0. The maximum Gasteiger partial charge on any atom is 0.261 e. The van der Waals surface area contributed by atoms with E-state index in [1.54, 1.807) is 0 Å². The first-order valence-corrected chi connectivity index (χ1v) is 11.2. The van der Waals surface area contributed by atoms with Crippen molar-refractivity contribution in [3.05, 3.63) is 60.7 Å². The molecule has 136 valence electrons. The van der Waals surface area contributed by atoms with E-state index in [-0.39, 0.29) is 11.6 Å². The van der Waals surface area contributed by atoms with Crippen LogP contribution < -0.4 is 10.4 Å². The Morgan fingerprint density at radius 3 is 1.76 bits per heavy atom. The smallest absolute Gasteiger partial charge is 0.261 e. The van der Waals surface area contributed by atoms with E-state index in [1.165, 1.54) is 10.4 Å². The van der Waals surface area contributed by atoms with Gasteiger partial charge in [0.1, 0.15) is 0 Å². The van der Waals surface area contributed by atoms with E-state index in [2.05, 4.69) is 88.4 Å². The summed E-state index contributed by atoms with van der Waals surface area (Å²) in [6, 6.07) is 21.5. The average Bonchev–Trinajstić information content (AvgIpc) is 2.62. The summed E-state index contributed by atoms with van der Waals surface area (Å²) in [5, 5.41) is 12.0. The van der Waals surface area contributed by atoms with Gasteiger partial charge >= 0.3 is 0 Å². The van der Waals surface area contributed by atoms with Crippen LogP contribution in [-0.4, -0.2) is 26.6 Å². The number of rotatable bonds is 8. The van der Waals surface area contributed by atoms with Gasteiger partial charge in [0, 0.05) is 13.2 Å². The fourth-order valence-corrected chi connectivity index (χ4v) is 8.23. The van der Waals surface area contributed by atoms with Gasteiger partial charge in [0.2, 0.25) is 0 Å². The molecule has 0 heterocycles. The topological polar surface area (TPSA) is 29.5 Å². The van der Waals surface area contributed by atoms with Crippen LogP contribution in [0.1, 0.15) is 40.5 Å². The van der Waals surface area contributed by atoms with Crippen LogP contribution in [0.5, 0.6) is 0 Å². The highest BCUT2D eigenvalue weighted by molar-refractivity contribution is 6.99. The van der Waals surface area contributed by atoms with Crippen molar-refractivity contribution in [1.82, 2.24) is 0 Å². The Labute approximate surface area is 154 Å². The molecule has 0 aliphatic heterocycles. The molecule has 0 spiro atoms. The van der Waals surface area contributed by atoms with E-state index in [1.807, 2.05) is 0 Å². The van der Waals surface area contributed by atoms with E-state index in [4.69, 9.17) is 4.43 Å². The Kier molecular flexibility index (Phi) is 7.00. The molecule has 2 aromatic carbocycles. The van der Waals surface area contributed by atoms with Gasteiger partial charge in [0.25, 0.3) is 8.32 Å². The summed E-state index contributed by atoms with van der Waals surface area (Å²) >= 11 is 0. The van der Waals surface area contributed by atoms with Crippen LogP contribution in [-0.2, 0) is 4.43 Å². The molecule has 0 aromatic heterocycles. The highest BCUT2D eigenvalue weighted by Crippen LogP contribution is 2.37. The maximum atomic E-state index is 9.35. The molecule has 0 fully saturated rings. The Morgan fingerprint density at radius 1 is 0.920 bits per heavy atom. The number of aliphatic hydroxyl groups excluding tert-OH is 1. The molecule has 0 aliphatic carbocycles. The molecule has 2 nitrogen and oxygen atoms in total. The molecule has 1 N–H and O–H groups in total. The van der Waals surface area contributed by atoms with E-state index in [0.29, 0.717) is 12.5 Å². The van der Waals surface area contributed by atoms with Crippen LogP contribution in [0.15, 0.2) is 60.7 Å². The molecule has 1 atom stereocenters. The van der Waals surface area contributed by atoms with Crippen LogP contribution in [0.2, 0.25) is 5.04 Å². The zero-order valence-electron chi connectivity index (χ0n) is 16.0. The van der Waals surface area contributed by atoms with Crippen molar-refractivity contribution in [3.63, 3.8) is 0 Å². The summed E-state index contributed by atoms with van der Waals surface area (Å²) in [7, 11) is -2.44. The predicted molar refractivity (Wildman–Crippen MR) is 109 cm³/mol. The van der Waals surface area contributed by atoms with Gasteiger partial charge in [0.05, 0.1) is 0 Å². The SMILES string of the molecule is CC[C@H](CCO)CO[Si](c1ccccc1)(c1ccccc1)C(C)(C)C. The molecular formula is C22H32O2Si. The molecule has 2 aromatic rings. The zero-order valence-corrected chi connectivity index (χ0v) is 17.0. The summed E-state index contributed by atoms with van der Waals surface area (Å²) in [6.07, 6.45) is 1.83. The highest BCUT2D eigenvalue weighted by Gasteiger charge is 2.50. The van der Waals surface area contributed by atoms with Gasteiger partial charge < -0.3 is 9.53 Å². The van der Waals surface area contributed by atoms with Crippen LogP contribution in [0.4, 0.5) is 0 Å². The quantitative estimate of drug-likeness (QED) is 0.725. The second-order valence-electron chi connectivity index (χ2n) is 7.76. The van der Waals surface area contributed by atoms with Crippen molar-refractivity contribution in [2.24, 2.45) is 5.92 Å². The third-order valence-corrected chi connectivity index (χ3v) is 10.1. The van der Waals surface area contributed by atoms with Crippen molar-refractivity contribution in [2.45, 2.75) is 45.6 Å². The predicted octanol–water partition coefficient (Wildman–Crippen LogP) is 3.97. The first-order valence-electron chi connectivity index (χ1n) is 9.31. The molecule has 0 bridgehead atoms.